The van der Waals surface area contributed by atoms with E-state index in [1.165, 1.54) is 0 Å². The Balaban J connectivity index is 1.65. The molecule has 1 atom stereocenters. The second-order valence-electron chi connectivity index (χ2n) is 6.12. The molecule has 0 bridgehead atoms. The molecule has 0 unspecified atom stereocenters. The normalized spacial score (nSPS) is 17.6. The van der Waals surface area contributed by atoms with Crippen LogP contribution in [0.25, 0.3) is 0 Å². The number of anilines is 1. The predicted octanol–water partition coefficient (Wildman–Crippen LogP) is 2.25. The van der Waals surface area contributed by atoms with Gasteiger partial charge in [0.1, 0.15) is 11.1 Å². The fourth-order valence-corrected chi connectivity index (χ4v) is 4.13. The van der Waals surface area contributed by atoms with E-state index in [2.05, 4.69) is 15.4 Å². The molecule has 0 aromatic heterocycles. The van der Waals surface area contributed by atoms with Gasteiger partial charge < -0.3 is 15.4 Å². The first-order valence-electron chi connectivity index (χ1n) is 8.85. The predicted molar refractivity (Wildman–Crippen MR) is 103 cm³/mol. The molecule has 0 aliphatic carbocycles. The number of carbonyl (C=O) groups is 1. The molecule has 1 heterocycles. The summed E-state index contributed by atoms with van der Waals surface area (Å²) in [5.74, 6) is -0.166. The average molecular weight is 389 g/mol. The Kier molecular flexibility index (Phi) is 6.10. The van der Waals surface area contributed by atoms with Crippen LogP contribution in [0, 0.1) is 0 Å². The highest BCUT2D eigenvalue weighted by molar-refractivity contribution is 7.89. The zero-order valence-corrected chi connectivity index (χ0v) is 15.9. The van der Waals surface area contributed by atoms with Crippen LogP contribution < -0.4 is 15.4 Å². The van der Waals surface area contributed by atoms with E-state index in [1.54, 1.807) is 48.5 Å². The van der Waals surface area contributed by atoms with Gasteiger partial charge >= 0.3 is 0 Å². The molecule has 8 heteroatoms. The van der Waals surface area contributed by atoms with Gasteiger partial charge in [-0.2, -0.15) is 4.72 Å². The van der Waals surface area contributed by atoms with Crippen molar-refractivity contribution in [1.29, 1.82) is 0 Å². The van der Waals surface area contributed by atoms with Crippen molar-refractivity contribution in [3.63, 3.8) is 0 Å². The van der Waals surface area contributed by atoms with Crippen LogP contribution in [-0.2, 0) is 14.8 Å². The molecule has 3 rings (SSSR count). The van der Waals surface area contributed by atoms with Crippen molar-refractivity contribution in [1.82, 2.24) is 10.0 Å². The maximum Gasteiger partial charge on any atom is 0.251 e. The quantitative estimate of drug-likeness (QED) is 0.631. The number of nitrogens with one attached hydrogen (secondary N) is 3. The highest BCUT2D eigenvalue weighted by Gasteiger charge is 2.29. The number of amides is 1. The largest absolute Gasteiger partial charge is 0.382 e. The molecule has 2 aromatic rings. The first kappa shape index (κ1) is 19.3. The summed E-state index contributed by atoms with van der Waals surface area (Å²) in [6.45, 7) is 3.75. The topological polar surface area (TPSA) is 96.5 Å². The van der Waals surface area contributed by atoms with Crippen LogP contribution >= 0.6 is 0 Å². The van der Waals surface area contributed by atoms with E-state index in [1.807, 2.05) is 6.92 Å². The van der Waals surface area contributed by atoms with E-state index < -0.39 is 16.2 Å². The van der Waals surface area contributed by atoms with Crippen molar-refractivity contribution in [3.8, 4) is 0 Å². The van der Waals surface area contributed by atoms with Crippen LogP contribution in [0.4, 0.5) is 5.69 Å². The van der Waals surface area contributed by atoms with Gasteiger partial charge in [-0.25, -0.2) is 8.42 Å². The van der Waals surface area contributed by atoms with E-state index >= 15 is 0 Å². The van der Waals surface area contributed by atoms with Crippen LogP contribution in [0.1, 0.15) is 35.4 Å². The summed E-state index contributed by atoms with van der Waals surface area (Å²) in [5, 5.41) is 6.00. The number of para-hydroxylation sites is 1. The zero-order chi connectivity index (χ0) is 19.3. The summed E-state index contributed by atoms with van der Waals surface area (Å²) in [6.07, 6.45) is 0.165. The van der Waals surface area contributed by atoms with E-state index in [0.717, 1.165) is 12.0 Å². The highest BCUT2D eigenvalue weighted by atomic mass is 32.2. The lowest BCUT2D eigenvalue weighted by Gasteiger charge is -2.28. The molecule has 0 spiro atoms. The molecule has 1 aliphatic heterocycles. The van der Waals surface area contributed by atoms with Crippen molar-refractivity contribution in [2.45, 2.75) is 24.4 Å². The van der Waals surface area contributed by atoms with Gasteiger partial charge in [-0.1, -0.05) is 24.3 Å². The zero-order valence-electron chi connectivity index (χ0n) is 15.1. The van der Waals surface area contributed by atoms with Crippen molar-refractivity contribution in [2.24, 2.45) is 0 Å². The maximum absolute atomic E-state index is 12.4. The Labute approximate surface area is 159 Å². The molecule has 0 saturated carbocycles. The second-order valence-corrected chi connectivity index (χ2v) is 7.81. The van der Waals surface area contributed by atoms with Gasteiger partial charge in [0.05, 0.1) is 5.69 Å². The van der Waals surface area contributed by atoms with Gasteiger partial charge in [-0.3, -0.25) is 4.79 Å². The van der Waals surface area contributed by atoms with Crippen molar-refractivity contribution >= 4 is 21.6 Å². The minimum atomic E-state index is -3.59. The van der Waals surface area contributed by atoms with Crippen molar-refractivity contribution in [2.75, 3.05) is 25.1 Å². The molecule has 27 heavy (non-hydrogen) atoms. The van der Waals surface area contributed by atoms with E-state index in [9.17, 15) is 13.2 Å². The van der Waals surface area contributed by atoms with Gasteiger partial charge in [0.2, 0.25) is 10.0 Å². The lowest BCUT2D eigenvalue weighted by molar-refractivity contribution is 0.0944. The Morgan fingerprint density at radius 3 is 2.63 bits per heavy atom. The Morgan fingerprint density at radius 2 is 1.89 bits per heavy atom. The van der Waals surface area contributed by atoms with Gasteiger partial charge in [-0.05, 0) is 43.2 Å². The summed E-state index contributed by atoms with van der Waals surface area (Å²) in [7, 11) is -3.59. The van der Waals surface area contributed by atoms with Crippen molar-refractivity contribution < 1.29 is 17.9 Å². The third-order valence-corrected chi connectivity index (χ3v) is 5.69. The number of hydrogen-bond donors (Lipinski definition) is 3. The minimum Gasteiger partial charge on any atom is -0.382 e. The van der Waals surface area contributed by atoms with Crippen LogP contribution in [0.5, 0.6) is 0 Å². The van der Waals surface area contributed by atoms with E-state index in [0.29, 0.717) is 31.0 Å². The first-order valence-corrected chi connectivity index (χ1v) is 10.3. The number of carbonyl (C=O) groups excluding carboxylic acids is 1. The highest BCUT2D eigenvalue weighted by Crippen LogP contribution is 2.30. The molecular weight excluding hydrogens is 366 g/mol. The molecule has 0 radical (unpaired) electrons. The van der Waals surface area contributed by atoms with Crippen LogP contribution in [0.3, 0.4) is 0 Å². The summed E-state index contributed by atoms with van der Waals surface area (Å²) >= 11 is 0. The second kappa shape index (κ2) is 8.51. The Morgan fingerprint density at radius 1 is 1.15 bits per heavy atom. The third kappa shape index (κ3) is 4.65. The van der Waals surface area contributed by atoms with Gasteiger partial charge in [0.25, 0.3) is 5.91 Å². The number of fused-ring (bicyclic) bond motifs is 1. The first-order chi connectivity index (χ1) is 13.0. The summed E-state index contributed by atoms with van der Waals surface area (Å²) in [4.78, 5) is 12.4. The summed E-state index contributed by atoms with van der Waals surface area (Å²) in [6, 6.07) is 13.6. The SMILES string of the molecule is CCOCCCNC(=O)c1ccc([C@H]2Nc3ccccc3S(=O)(=O)N2)cc1. The number of ether oxygens (including phenoxy) is 1. The van der Waals surface area contributed by atoms with E-state index in [4.69, 9.17) is 4.74 Å². The molecule has 1 aliphatic rings. The Hall–Kier alpha value is -2.42. The van der Waals surface area contributed by atoms with Gasteiger partial charge in [-0.15, -0.1) is 0 Å². The molecule has 0 fully saturated rings. The van der Waals surface area contributed by atoms with Crippen LogP contribution in [0.2, 0.25) is 0 Å². The fourth-order valence-electron chi connectivity index (χ4n) is 2.82. The number of benzene rings is 2. The lowest BCUT2D eigenvalue weighted by Crippen LogP contribution is -2.38. The average Bonchev–Trinajstić information content (AvgIpc) is 2.67. The van der Waals surface area contributed by atoms with Crippen LogP contribution in [0.15, 0.2) is 53.4 Å². The molecule has 7 nitrogen and oxygen atoms in total. The smallest absolute Gasteiger partial charge is 0.251 e. The molecule has 1 amide bonds. The molecule has 144 valence electrons. The van der Waals surface area contributed by atoms with Gasteiger partial charge in [0.15, 0.2) is 0 Å². The van der Waals surface area contributed by atoms with Crippen molar-refractivity contribution in [3.05, 3.63) is 59.7 Å². The number of hydrogen-bond acceptors (Lipinski definition) is 5. The molecule has 3 N–H and O–H groups in total. The lowest BCUT2D eigenvalue weighted by atomic mass is 10.1. The van der Waals surface area contributed by atoms with Gasteiger partial charge in [0, 0.05) is 25.3 Å². The Bertz CT molecular complexity index is 897. The molecule has 2 aromatic carbocycles. The number of sulfonamides is 1. The number of rotatable bonds is 7. The standard InChI is InChI=1S/C19H23N3O4S/c1-2-26-13-5-12-20-19(23)15-10-8-14(9-11-15)18-21-16-6-3-4-7-17(16)27(24,25)22-18/h3-4,6-11,18,21-22H,2,5,12-13H2,1H3,(H,20,23)/t18-/m0/s1. The van der Waals surface area contributed by atoms with Crippen LogP contribution in [-0.4, -0.2) is 34.1 Å². The summed E-state index contributed by atoms with van der Waals surface area (Å²) < 4.78 is 32.6. The summed E-state index contributed by atoms with van der Waals surface area (Å²) in [5.41, 5.74) is 1.80. The minimum absolute atomic E-state index is 0.166. The molecular formula is C19H23N3O4S. The molecule has 0 saturated heterocycles. The maximum atomic E-state index is 12.4. The third-order valence-electron chi connectivity index (χ3n) is 4.21. The van der Waals surface area contributed by atoms with E-state index in [-0.39, 0.29) is 10.8 Å². The fraction of sp³-hybridized carbons (Fsp3) is 0.316. The monoisotopic (exact) mass is 389 g/mol.